The second kappa shape index (κ2) is 6.44. The van der Waals surface area contributed by atoms with Crippen molar-refractivity contribution in [3.8, 4) is 10.6 Å². The number of benzene rings is 1. The average molecular weight is 313 g/mol. The number of rotatable bonds is 4. The SMILES string of the molecule is O=C(Cc1csc(-c2cccc(F)c2)n1)Nc1ccncc1. The van der Waals surface area contributed by atoms with Gasteiger partial charge in [-0.15, -0.1) is 11.3 Å². The van der Waals surface area contributed by atoms with Gasteiger partial charge in [-0.25, -0.2) is 9.37 Å². The van der Waals surface area contributed by atoms with Crippen molar-refractivity contribution in [1.82, 2.24) is 9.97 Å². The van der Waals surface area contributed by atoms with Gasteiger partial charge in [-0.2, -0.15) is 0 Å². The highest BCUT2D eigenvalue weighted by molar-refractivity contribution is 7.13. The summed E-state index contributed by atoms with van der Waals surface area (Å²) in [4.78, 5) is 20.2. The lowest BCUT2D eigenvalue weighted by atomic mass is 10.2. The zero-order valence-electron chi connectivity index (χ0n) is 11.5. The molecule has 1 aromatic carbocycles. The van der Waals surface area contributed by atoms with Crippen LogP contribution in [0.2, 0.25) is 0 Å². The smallest absolute Gasteiger partial charge is 0.230 e. The minimum absolute atomic E-state index is 0.151. The molecular formula is C16H12FN3OS. The van der Waals surface area contributed by atoms with E-state index in [0.717, 1.165) is 0 Å². The van der Waals surface area contributed by atoms with Crippen LogP contribution in [0.15, 0.2) is 54.2 Å². The molecule has 3 rings (SSSR count). The van der Waals surface area contributed by atoms with Crippen LogP contribution in [0.4, 0.5) is 10.1 Å². The van der Waals surface area contributed by atoms with Crippen LogP contribution in [0, 0.1) is 5.82 Å². The van der Waals surface area contributed by atoms with Gasteiger partial charge in [-0.3, -0.25) is 9.78 Å². The van der Waals surface area contributed by atoms with Crippen LogP contribution in [0.5, 0.6) is 0 Å². The molecule has 110 valence electrons. The van der Waals surface area contributed by atoms with Crippen LogP contribution < -0.4 is 5.32 Å². The zero-order chi connectivity index (χ0) is 15.4. The number of amides is 1. The highest BCUT2D eigenvalue weighted by Crippen LogP contribution is 2.24. The van der Waals surface area contributed by atoms with E-state index >= 15 is 0 Å². The predicted molar refractivity (Wildman–Crippen MR) is 84.1 cm³/mol. The summed E-state index contributed by atoms with van der Waals surface area (Å²) in [7, 11) is 0. The van der Waals surface area contributed by atoms with E-state index < -0.39 is 0 Å². The van der Waals surface area contributed by atoms with Gasteiger partial charge < -0.3 is 5.32 Å². The molecule has 0 saturated carbocycles. The summed E-state index contributed by atoms with van der Waals surface area (Å²) in [6.07, 6.45) is 3.40. The first-order valence-electron chi connectivity index (χ1n) is 6.61. The van der Waals surface area contributed by atoms with Crippen LogP contribution in [0.3, 0.4) is 0 Å². The van der Waals surface area contributed by atoms with E-state index in [-0.39, 0.29) is 18.1 Å². The van der Waals surface area contributed by atoms with Crippen molar-refractivity contribution >= 4 is 22.9 Å². The first kappa shape index (κ1) is 14.3. The van der Waals surface area contributed by atoms with Crippen molar-refractivity contribution in [1.29, 1.82) is 0 Å². The predicted octanol–water partition coefficient (Wildman–Crippen LogP) is 3.53. The van der Waals surface area contributed by atoms with Gasteiger partial charge in [-0.1, -0.05) is 12.1 Å². The number of anilines is 1. The van der Waals surface area contributed by atoms with Gasteiger partial charge in [0.05, 0.1) is 12.1 Å². The third-order valence-corrected chi connectivity index (χ3v) is 3.87. The Bertz CT molecular complexity index is 789. The first-order valence-corrected chi connectivity index (χ1v) is 7.49. The Balaban J connectivity index is 1.68. The quantitative estimate of drug-likeness (QED) is 0.801. The molecule has 0 aliphatic rings. The Labute approximate surface area is 130 Å². The topological polar surface area (TPSA) is 54.9 Å². The number of nitrogens with one attached hydrogen (secondary N) is 1. The summed E-state index contributed by atoms with van der Waals surface area (Å²) in [5, 5.41) is 5.29. The van der Waals surface area contributed by atoms with Gasteiger partial charge in [-0.05, 0) is 24.3 Å². The normalized spacial score (nSPS) is 10.4. The minimum atomic E-state index is -0.301. The molecule has 1 N–H and O–H groups in total. The molecule has 0 spiro atoms. The summed E-state index contributed by atoms with van der Waals surface area (Å²) in [5.41, 5.74) is 2.07. The summed E-state index contributed by atoms with van der Waals surface area (Å²) in [5.74, 6) is -0.452. The zero-order valence-corrected chi connectivity index (χ0v) is 12.3. The van der Waals surface area contributed by atoms with E-state index in [9.17, 15) is 9.18 Å². The number of pyridine rings is 1. The molecule has 0 fully saturated rings. The molecule has 0 bridgehead atoms. The number of aromatic nitrogens is 2. The Morgan fingerprint density at radius 1 is 1.23 bits per heavy atom. The highest BCUT2D eigenvalue weighted by Gasteiger charge is 2.09. The molecular weight excluding hydrogens is 301 g/mol. The third kappa shape index (κ3) is 3.53. The summed E-state index contributed by atoms with van der Waals surface area (Å²) in [6.45, 7) is 0. The molecule has 0 aliphatic carbocycles. The molecule has 3 aromatic rings. The number of carbonyl (C=O) groups excluding carboxylic acids is 1. The van der Waals surface area contributed by atoms with Crippen molar-refractivity contribution in [3.05, 3.63) is 65.7 Å². The average Bonchev–Trinajstić information content (AvgIpc) is 2.96. The van der Waals surface area contributed by atoms with Crippen LogP contribution in [-0.2, 0) is 11.2 Å². The fraction of sp³-hybridized carbons (Fsp3) is 0.0625. The van der Waals surface area contributed by atoms with Crippen molar-refractivity contribution in [2.75, 3.05) is 5.32 Å². The van der Waals surface area contributed by atoms with Crippen molar-refractivity contribution in [3.63, 3.8) is 0 Å². The summed E-state index contributed by atoms with van der Waals surface area (Å²) < 4.78 is 13.2. The van der Waals surface area contributed by atoms with Crippen LogP contribution >= 0.6 is 11.3 Å². The molecule has 4 nitrogen and oxygen atoms in total. The van der Waals surface area contributed by atoms with Gasteiger partial charge >= 0.3 is 0 Å². The molecule has 0 unspecified atom stereocenters. The van der Waals surface area contributed by atoms with E-state index in [2.05, 4.69) is 15.3 Å². The van der Waals surface area contributed by atoms with Gasteiger partial charge in [0.25, 0.3) is 0 Å². The molecule has 0 atom stereocenters. The lowest BCUT2D eigenvalue weighted by Crippen LogP contribution is -2.14. The highest BCUT2D eigenvalue weighted by atomic mass is 32.1. The maximum Gasteiger partial charge on any atom is 0.230 e. The molecule has 1 amide bonds. The second-order valence-electron chi connectivity index (χ2n) is 4.62. The fourth-order valence-electron chi connectivity index (χ4n) is 1.95. The maximum atomic E-state index is 13.2. The number of carbonyl (C=O) groups is 1. The van der Waals surface area contributed by atoms with Gasteiger partial charge in [0.2, 0.25) is 5.91 Å². The molecule has 2 heterocycles. The lowest BCUT2D eigenvalue weighted by Gasteiger charge is -2.02. The van der Waals surface area contributed by atoms with Crippen molar-refractivity contribution in [2.24, 2.45) is 0 Å². The molecule has 2 aromatic heterocycles. The minimum Gasteiger partial charge on any atom is -0.326 e. The summed E-state index contributed by atoms with van der Waals surface area (Å²) >= 11 is 1.39. The van der Waals surface area contributed by atoms with Gasteiger partial charge in [0, 0.05) is 29.0 Å². The lowest BCUT2D eigenvalue weighted by molar-refractivity contribution is -0.115. The van der Waals surface area contributed by atoms with Crippen molar-refractivity contribution in [2.45, 2.75) is 6.42 Å². The fourth-order valence-corrected chi connectivity index (χ4v) is 2.76. The van der Waals surface area contributed by atoms with Crippen molar-refractivity contribution < 1.29 is 9.18 Å². The second-order valence-corrected chi connectivity index (χ2v) is 5.47. The van der Waals surface area contributed by atoms with Crippen LogP contribution in [-0.4, -0.2) is 15.9 Å². The van der Waals surface area contributed by atoms with Crippen LogP contribution in [0.25, 0.3) is 10.6 Å². The largest absolute Gasteiger partial charge is 0.326 e. The number of hydrogen-bond acceptors (Lipinski definition) is 4. The molecule has 0 radical (unpaired) electrons. The van der Waals surface area contributed by atoms with E-state index in [4.69, 9.17) is 0 Å². The number of hydrogen-bond donors (Lipinski definition) is 1. The summed E-state index contributed by atoms with van der Waals surface area (Å²) in [6, 6.07) is 9.69. The van der Waals surface area contributed by atoms with E-state index in [0.29, 0.717) is 22.0 Å². The van der Waals surface area contributed by atoms with Gasteiger partial charge in [0.15, 0.2) is 0 Å². The Kier molecular flexibility index (Phi) is 4.20. The van der Waals surface area contributed by atoms with E-state index in [1.165, 1.54) is 23.5 Å². The molecule has 0 aliphatic heterocycles. The maximum absolute atomic E-state index is 13.2. The molecule has 0 saturated heterocycles. The monoisotopic (exact) mass is 313 g/mol. The van der Waals surface area contributed by atoms with Gasteiger partial charge in [0.1, 0.15) is 10.8 Å². The molecule has 6 heteroatoms. The Hall–Kier alpha value is -2.60. The first-order chi connectivity index (χ1) is 10.7. The Morgan fingerprint density at radius 3 is 2.82 bits per heavy atom. The number of thiazole rings is 1. The molecule has 22 heavy (non-hydrogen) atoms. The van der Waals surface area contributed by atoms with E-state index in [1.54, 1.807) is 36.7 Å². The number of halogens is 1. The van der Waals surface area contributed by atoms with E-state index in [1.807, 2.05) is 5.38 Å². The third-order valence-electron chi connectivity index (χ3n) is 2.93. The van der Waals surface area contributed by atoms with Crippen LogP contribution in [0.1, 0.15) is 5.69 Å². The standard InChI is InChI=1S/C16H12FN3OS/c17-12-3-1-2-11(8-12)16-20-14(10-22-16)9-15(21)19-13-4-6-18-7-5-13/h1-8,10H,9H2,(H,18,19,21). The number of nitrogens with zero attached hydrogens (tertiary/aromatic N) is 2. The Morgan fingerprint density at radius 2 is 2.05 bits per heavy atom.